The van der Waals surface area contributed by atoms with Gasteiger partial charge in [0.25, 0.3) is 0 Å². The highest BCUT2D eigenvalue weighted by molar-refractivity contribution is 5.89. The third-order valence-corrected chi connectivity index (χ3v) is 5.27. The van der Waals surface area contributed by atoms with E-state index in [1.165, 1.54) is 0 Å². The van der Waals surface area contributed by atoms with E-state index in [2.05, 4.69) is 16.0 Å². The molecule has 1 saturated heterocycles. The number of piperidine rings is 1. The van der Waals surface area contributed by atoms with Crippen LogP contribution in [0.25, 0.3) is 0 Å². The topological polar surface area (TPSA) is 90.5 Å². The lowest BCUT2D eigenvalue weighted by atomic mass is 9.95. The first-order valence-electron chi connectivity index (χ1n) is 10.8. The minimum atomic E-state index is -0.414. The second kappa shape index (κ2) is 11.0. The zero-order chi connectivity index (χ0) is 22.1. The number of amides is 4. The van der Waals surface area contributed by atoms with Crippen molar-refractivity contribution < 1.29 is 14.4 Å². The van der Waals surface area contributed by atoms with Gasteiger partial charge in [0.1, 0.15) is 0 Å². The van der Waals surface area contributed by atoms with Crippen LogP contribution in [0.5, 0.6) is 0 Å². The zero-order valence-corrected chi connectivity index (χ0v) is 18.7. The molecule has 7 nitrogen and oxygen atoms in total. The van der Waals surface area contributed by atoms with Gasteiger partial charge in [-0.2, -0.15) is 0 Å². The number of rotatable bonds is 7. The first-order valence-corrected chi connectivity index (χ1v) is 10.8. The SMILES string of the molecule is Cc1ccc(NC(=O)NCC2CCCN(C(=O)CCCNC(=O)C(C)(C)C)C2)cc1. The van der Waals surface area contributed by atoms with Gasteiger partial charge < -0.3 is 20.9 Å². The Balaban J connectivity index is 1.67. The smallest absolute Gasteiger partial charge is 0.319 e. The minimum Gasteiger partial charge on any atom is -0.356 e. The molecule has 1 aromatic carbocycles. The van der Waals surface area contributed by atoms with Crippen LogP contribution in [-0.2, 0) is 9.59 Å². The Morgan fingerprint density at radius 3 is 2.47 bits per heavy atom. The van der Waals surface area contributed by atoms with Crippen LogP contribution >= 0.6 is 0 Å². The normalized spacial score (nSPS) is 16.7. The average molecular weight is 417 g/mol. The van der Waals surface area contributed by atoms with Crippen molar-refractivity contribution in [1.29, 1.82) is 0 Å². The van der Waals surface area contributed by atoms with Crippen molar-refractivity contribution in [3.05, 3.63) is 29.8 Å². The summed E-state index contributed by atoms with van der Waals surface area (Å²) < 4.78 is 0. The highest BCUT2D eigenvalue weighted by Crippen LogP contribution is 2.17. The van der Waals surface area contributed by atoms with Crippen LogP contribution in [0, 0.1) is 18.3 Å². The van der Waals surface area contributed by atoms with E-state index in [1.54, 1.807) is 0 Å². The summed E-state index contributed by atoms with van der Waals surface area (Å²) in [5.74, 6) is 0.379. The van der Waals surface area contributed by atoms with Gasteiger partial charge in [-0.15, -0.1) is 0 Å². The maximum atomic E-state index is 12.5. The van der Waals surface area contributed by atoms with E-state index in [9.17, 15) is 14.4 Å². The van der Waals surface area contributed by atoms with E-state index >= 15 is 0 Å². The Morgan fingerprint density at radius 1 is 1.10 bits per heavy atom. The molecule has 1 aliphatic rings. The molecule has 1 heterocycles. The predicted octanol–water partition coefficient (Wildman–Crippen LogP) is 3.30. The van der Waals surface area contributed by atoms with Crippen molar-refractivity contribution in [2.24, 2.45) is 11.3 Å². The summed E-state index contributed by atoms with van der Waals surface area (Å²) >= 11 is 0. The number of anilines is 1. The predicted molar refractivity (Wildman–Crippen MR) is 119 cm³/mol. The number of urea groups is 1. The largest absolute Gasteiger partial charge is 0.356 e. The fourth-order valence-corrected chi connectivity index (χ4v) is 3.37. The monoisotopic (exact) mass is 416 g/mol. The maximum absolute atomic E-state index is 12.5. The number of benzene rings is 1. The summed E-state index contributed by atoms with van der Waals surface area (Å²) in [5, 5.41) is 8.63. The van der Waals surface area contributed by atoms with Crippen LogP contribution in [0.15, 0.2) is 24.3 Å². The van der Waals surface area contributed by atoms with Crippen molar-refractivity contribution in [2.75, 3.05) is 31.5 Å². The lowest BCUT2D eigenvalue weighted by molar-refractivity contribution is -0.133. The molecule has 0 saturated carbocycles. The number of hydrogen-bond acceptors (Lipinski definition) is 3. The van der Waals surface area contributed by atoms with Crippen molar-refractivity contribution in [2.45, 2.75) is 53.4 Å². The molecule has 2 rings (SSSR count). The summed E-state index contributed by atoms with van der Waals surface area (Å²) in [6, 6.07) is 7.43. The summed E-state index contributed by atoms with van der Waals surface area (Å²) in [7, 11) is 0. The van der Waals surface area contributed by atoms with E-state index in [-0.39, 0.29) is 23.8 Å². The maximum Gasteiger partial charge on any atom is 0.319 e. The van der Waals surface area contributed by atoms with Gasteiger partial charge in [-0.1, -0.05) is 38.5 Å². The number of nitrogens with zero attached hydrogens (tertiary/aromatic N) is 1. The van der Waals surface area contributed by atoms with Gasteiger partial charge in [0, 0.05) is 43.7 Å². The number of likely N-dealkylation sites (tertiary alicyclic amines) is 1. The first-order chi connectivity index (χ1) is 14.1. The molecule has 1 unspecified atom stereocenters. The molecule has 0 aromatic heterocycles. The molecule has 0 radical (unpaired) electrons. The van der Waals surface area contributed by atoms with Crippen LogP contribution in [0.3, 0.4) is 0 Å². The summed E-state index contributed by atoms with van der Waals surface area (Å²) in [6.45, 7) is 10.1. The number of carbonyl (C=O) groups excluding carboxylic acids is 3. The average Bonchev–Trinajstić information content (AvgIpc) is 2.70. The molecule has 0 spiro atoms. The molecule has 1 atom stereocenters. The fraction of sp³-hybridized carbons (Fsp3) is 0.609. The van der Waals surface area contributed by atoms with Gasteiger partial charge in [0.05, 0.1) is 0 Å². The molecule has 4 amide bonds. The van der Waals surface area contributed by atoms with Crippen LogP contribution < -0.4 is 16.0 Å². The van der Waals surface area contributed by atoms with E-state index in [0.29, 0.717) is 32.5 Å². The number of aryl methyl sites for hydroxylation is 1. The van der Waals surface area contributed by atoms with Gasteiger partial charge in [0.15, 0.2) is 0 Å². The molecular weight excluding hydrogens is 380 g/mol. The van der Waals surface area contributed by atoms with Crippen LogP contribution in [0.1, 0.15) is 52.0 Å². The van der Waals surface area contributed by atoms with Crippen molar-refractivity contribution >= 4 is 23.5 Å². The van der Waals surface area contributed by atoms with E-state index in [0.717, 1.165) is 30.6 Å². The van der Waals surface area contributed by atoms with Crippen LogP contribution in [0.2, 0.25) is 0 Å². The number of hydrogen-bond donors (Lipinski definition) is 3. The molecule has 1 aromatic rings. The molecule has 7 heteroatoms. The zero-order valence-electron chi connectivity index (χ0n) is 18.7. The number of nitrogens with one attached hydrogen (secondary N) is 3. The molecule has 166 valence electrons. The molecule has 1 aliphatic heterocycles. The molecule has 0 aliphatic carbocycles. The standard InChI is InChI=1S/C23H36N4O3/c1-17-9-11-19(12-10-17)26-22(30)25-15-18-7-6-14-27(16-18)20(28)8-5-13-24-21(29)23(2,3)4/h9-12,18H,5-8,13-16H2,1-4H3,(H,24,29)(H2,25,26,30). The Hall–Kier alpha value is -2.57. The van der Waals surface area contributed by atoms with Crippen molar-refractivity contribution in [3.8, 4) is 0 Å². The third-order valence-electron chi connectivity index (χ3n) is 5.27. The van der Waals surface area contributed by atoms with E-state index in [1.807, 2.05) is 56.9 Å². The van der Waals surface area contributed by atoms with Gasteiger partial charge in [-0.05, 0) is 44.2 Å². The van der Waals surface area contributed by atoms with Gasteiger partial charge >= 0.3 is 6.03 Å². The Morgan fingerprint density at radius 2 is 1.80 bits per heavy atom. The lowest BCUT2D eigenvalue weighted by Crippen LogP contribution is -2.44. The highest BCUT2D eigenvalue weighted by Gasteiger charge is 2.24. The second-order valence-electron chi connectivity index (χ2n) is 9.16. The Bertz CT molecular complexity index is 725. The van der Waals surface area contributed by atoms with Crippen molar-refractivity contribution in [1.82, 2.24) is 15.5 Å². The quantitative estimate of drug-likeness (QED) is 0.596. The first kappa shape index (κ1) is 23.7. The fourth-order valence-electron chi connectivity index (χ4n) is 3.37. The number of carbonyl (C=O) groups is 3. The Kier molecular flexibility index (Phi) is 8.69. The molecule has 1 fully saturated rings. The summed E-state index contributed by atoms with van der Waals surface area (Å²) in [5.41, 5.74) is 1.49. The summed E-state index contributed by atoms with van der Waals surface area (Å²) in [4.78, 5) is 38.4. The molecular formula is C23H36N4O3. The molecule has 0 bridgehead atoms. The highest BCUT2D eigenvalue weighted by atomic mass is 16.2. The van der Waals surface area contributed by atoms with Crippen LogP contribution in [0.4, 0.5) is 10.5 Å². The van der Waals surface area contributed by atoms with Gasteiger partial charge in [-0.3, -0.25) is 9.59 Å². The second-order valence-corrected chi connectivity index (χ2v) is 9.16. The van der Waals surface area contributed by atoms with Crippen molar-refractivity contribution in [3.63, 3.8) is 0 Å². The lowest BCUT2D eigenvalue weighted by Gasteiger charge is -2.33. The molecule has 30 heavy (non-hydrogen) atoms. The Labute approximate surface area is 180 Å². The molecule has 3 N–H and O–H groups in total. The van der Waals surface area contributed by atoms with Gasteiger partial charge in [0.2, 0.25) is 11.8 Å². The minimum absolute atomic E-state index is 0.00275. The third kappa shape index (κ3) is 8.05. The van der Waals surface area contributed by atoms with Gasteiger partial charge in [-0.25, -0.2) is 4.79 Å². The van der Waals surface area contributed by atoms with E-state index < -0.39 is 5.41 Å². The summed E-state index contributed by atoms with van der Waals surface area (Å²) in [6.07, 6.45) is 3.01. The van der Waals surface area contributed by atoms with E-state index in [4.69, 9.17) is 0 Å². The van der Waals surface area contributed by atoms with Crippen LogP contribution in [-0.4, -0.2) is 48.9 Å².